The van der Waals surface area contributed by atoms with Crippen LogP contribution in [0.1, 0.15) is 13.2 Å². The number of aliphatic carboxylic acids is 1. The second-order valence-corrected chi connectivity index (χ2v) is 9.97. The van der Waals surface area contributed by atoms with Crippen LogP contribution in [0.2, 0.25) is 0 Å². The molecule has 1 fully saturated rings. The van der Waals surface area contributed by atoms with Crippen molar-refractivity contribution in [1.82, 2.24) is 24.6 Å². The number of imidazole rings is 1. The molecule has 1 aromatic carbocycles. The number of para-hydroxylation sites is 1. The van der Waals surface area contributed by atoms with Gasteiger partial charge < -0.3 is 30.5 Å². The molecule has 3 heterocycles. The van der Waals surface area contributed by atoms with E-state index in [1.807, 2.05) is 5.92 Å². The van der Waals surface area contributed by atoms with E-state index in [1.165, 1.54) is 25.4 Å². The summed E-state index contributed by atoms with van der Waals surface area (Å²) in [6, 6.07) is 6.49. The molecule has 0 radical (unpaired) electrons. The lowest BCUT2D eigenvalue weighted by Crippen LogP contribution is -2.42. The third kappa shape index (κ3) is 5.13. The Balaban J connectivity index is 1.61. The number of nitrogens with two attached hydrogens (primary N) is 1. The van der Waals surface area contributed by atoms with E-state index in [0.29, 0.717) is 0 Å². The fourth-order valence-electron chi connectivity index (χ4n) is 3.76. The number of hydrogen-bond donors (Lipinski definition) is 5. The fraction of sp³-hybridized carbons (Fsp3) is 0.364. The van der Waals surface area contributed by atoms with E-state index >= 15 is 4.39 Å². The van der Waals surface area contributed by atoms with Crippen LogP contribution in [-0.4, -0.2) is 73.3 Å². The van der Waals surface area contributed by atoms with Gasteiger partial charge in [0.05, 0.1) is 12.9 Å². The van der Waals surface area contributed by atoms with Gasteiger partial charge in [-0.1, -0.05) is 24.1 Å². The van der Waals surface area contributed by atoms with Crippen molar-refractivity contribution in [3.63, 3.8) is 0 Å². The zero-order chi connectivity index (χ0) is 27.7. The van der Waals surface area contributed by atoms with Gasteiger partial charge in [-0.3, -0.25) is 13.9 Å². The summed E-state index contributed by atoms with van der Waals surface area (Å²) in [5.41, 5.74) is 3.28. The van der Waals surface area contributed by atoms with Crippen molar-refractivity contribution in [2.75, 3.05) is 24.7 Å². The molecule has 0 amide bonds. The number of rotatable bonds is 10. The van der Waals surface area contributed by atoms with Gasteiger partial charge in [0, 0.05) is 7.05 Å². The van der Waals surface area contributed by atoms with Gasteiger partial charge >= 0.3 is 13.7 Å². The first kappa shape index (κ1) is 27.2. The predicted molar refractivity (Wildman–Crippen MR) is 133 cm³/mol. The largest absolute Gasteiger partial charge is 0.480 e. The monoisotopic (exact) mass is 549 g/mol. The van der Waals surface area contributed by atoms with Crippen LogP contribution in [0.15, 0.2) is 36.7 Å². The van der Waals surface area contributed by atoms with Crippen molar-refractivity contribution in [2.24, 2.45) is 0 Å². The van der Waals surface area contributed by atoms with Crippen LogP contribution >= 0.6 is 7.75 Å². The second-order valence-electron chi connectivity index (χ2n) is 8.28. The Labute approximate surface area is 215 Å². The fourth-order valence-corrected chi connectivity index (χ4v) is 5.27. The summed E-state index contributed by atoms with van der Waals surface area (Å²) in [7, 11) is -2.79. The van der Waals surface area contributed by atoms with Crippen molar-refractivity contribution < 1.29 is 37.7 Å². The van der Waals surface area contributed by atoms with E-state index in [0.717, 1.165) is 4.57 Å². The third-order valence-corrected chi connectivity index (χ3v) is 7.34. The van der Waals surface area contributed by atoms with Crippen molar-refractivity contribution in [3.8, 4) is 18.1 Å². The number of halogens is 1. The number of fused-ring (bicyclic) bond motifs is 1. The highest BCUT2D eigenvalue weighted by Crippen LogP contribution is 2.48. The molecule has 1 aliphatic rings. The SMILES string of the molecule is C#C[C@@]1(F)[C@H](O)[C@@H](COP(=O)(N[C@H](C)C(=O)O)Oc2ccccc2)O[C@H]1n1cnc2c(NC)nc(N)nc21. The van der Waals surface area contributed by atoms with E-state index in [-0.39, 0.29) is 28.7 Å². The number of alkyl halides is 1. The molecular weight excluding hydrogens is 524 g/mol. The molecule has 38 heavy (non-hydrogen) atoms. The van der Waals surface area contributed by atoms with Crippen molar-refractivity contribution in [1.29, 1.82) is 0 Å². The third-order valence-electron chi connectivity index (χ3n) is 5.69. The number of nitrogens with zero attached hydrogens (tertiary/aromatic N) is 4. The number of ether oxygens (including phenoxy) is 1. The quantitative estimate of drug-likeness (QED) is 0.180. The Bertz CT molecular complexity index is 1420. The second kappa shape index (κ2) is 10.5. The molecule has 3 aromatic rings. The zero-order valence-electron chi connectivity index (χ0n) is 20.2. The summed E-state index contributed by atoms with van der Waals surface area (Å²) in [5.74, 6) is 0.839. The summed E-state index contributed by atoms with van der Waals surface area (Å²) >= 11 is 0. The number of aliphatic hydroxyl groups is 1. The number of nitrogens with one attached hydrogen (secondary N) is 2. The molecule has 0 saturated carbocycles. The number of anilines is 2. The highest BCUT2D eigenvalue weighted by molar-refractivity contribution is 7.52. The molecule has 0 aliphatic carbocycles. The summed E-state index contributed by atoms with van der Waals surface area (Å²) in [5, 5.41) is 25.1. The number of hydrogen-bond acceptors (Lipinski definition) is 11. The van der Waals surface area contributed by atoms with Crippen LogP contribution in [0.4, 0.5) is 16.2 Å². The van der Waals surface area contributed by atoms with Crippen LogP contribution in [-0.2, 0) is 18.6 Å². The lowest BCUT2D eigenvalue weighted by atomic mass is 9.97. The van der Waals surface area contributed by atoms with Gasteiger partial charge in [0.25, 0.3) is 0 Å². The molecule has 1 aliphatic heterocycles. The summed E-state index contributed by atoms with van der Waals surface area (Å²) < 4.78 is 47.2. The molecule has 4 rings (SSSR count). The van der Waals surface area contributed by atoms with Crippen molar-refractivity contribution >= 4 is 36.6 Å². The van der Waals surface area contributed by atoms with E-state index in [2.05, 4.69) is 25.4 Å². The van der Waals surface area contributed by atoms with Gasteiger partial charge in [-0.15, -0.1) is 6.42 Å². The zero-order valence-corrected chi connectivity index (χ0v) is 21.1. The molecule has 14 nitrogen and oxygen atoms in total. The lowest BCUT2D eigenvalue weighted by Gasteiger charge is -2.24. The Morgan fingerprint density at radius 2 is 2.13 bits per heavy atom. The van der Waals surface area contributed by atoms with Crippen LogP contribution in [0.3, 0.4) is 0 Å². The first-order chi connectivity index (χ1) is 18.0. The highest BCUT2D eigenvalue weighted by atomic mass is 31.2. The minimum atomic E-state index is -4.38. The number of carbonyl (C=O) groups is 1. The normalized spacial score (nSPS) is 25.4. The molecule has 16 heteroatoms. The first-order valence-corrected chi connectivity index (χ1v) is 12.7. The maximum absolute atomic E-state index is 16.0. The average molecular weight is 549 g/mol. The number of terminal acetylenes is 1. The molecule has 0 spiro atoms. The van der Waals surface area contributed by atoms with Gasteiger partial charge in [0.15, 0.2) is 23.2 Å². The predicted octanol–water partition coefficient (Wildman–Crippen LogP) is 1.32. The van der Waals surface area contributed by atoms with Crippen LogP contribution in [0.25, 0.3) is 11.2 Å². The Kier molecular flexibility index (Phi) is 7.54. The highest BCUT2D eigenvalue weighted by Gasteiger charge is 2.58. The summed E-state index contributed by atoms with van der Waals surface area (Å²) in [6.07, 6.45) is 1.61. The first-order valence-electron chi connectivity index (χ1n) is 11.2. The molecule has 1 unspecified atom stereocenters. The minimum Gasteiger partial charge on any atom is -0.480 e. The molecule has 0 bridgehead atoms. The Hall–Kier alpha value is -3.80. The minimum absolute atomic E-state index is 0.0768. The number of nitrogen functional groups attached to an aromatic ring is 1. The van der Waals surface area contributed by atoms with Crippen LogP contribution in [0.5, 0.6) is 5.75 Å². The molecule has 6 atom stereocenters. The molecule has 6 N–H and O–H groups in total. The molecule has 1 saturated heterocycles. The van der Waals surface area contributed by atoms with Crippen LogP contribution < -0.4 is 20.7 Å². The van der Waals surface area contributed by atoms with Crippen LogP contribution in [0, 0.1) is 12.3 Å². The number of aliphatic hydroxyl groups excluding tert-OH is 1. The van der Waals surface area contributed by atoms with Gasteiger partial charge in [-0.25, -0.2) is 13.9 Å². The van der Waals surface area contributed by atoms with E-state index < -0.39 is 50.5 Å². The topological polar surface area (TPSA) is 196 Å². The van der Waals surface area contributed by atoms with E-state index in [4.69, 9.17) is 25.9 Å². The number of benzene rings is 1. The van der Waals surface area contributed by atoms with E-state index in [9.17, 15) is 19.6 Å². The molecular formula is C22H25FN7O7P. The lowest BCUT2D eigenvalue weighted by molar-refractivity contribution is -0.138. The standard InChI is InChI=1S/C22H25FN7O7P/c1-4-22(23)16(31)14(36-20(22)30-11-26-15-17(25-3)27-21(24)28-18(15)30)10-35-38(34,29-12(2)19(32)33)37-13-8-6-5-7-9-13/h1,5-9,11-12,14,16,20,31H,10H2,2-3H3,(H,29,34)(H,32,33)(H3,24,25,27,28)/t12-,14-,16-,20-,22-,38?/m1/s1. The van der Waals surface area contributed by atoms with Crippen molar-refractivity contribution in [2.45, 2.75) is 37.1 Å². The van der Waals surface area contributed by atoms with Crippen molar-refractivity contribution in [3.05, 3.63) is 36.7 Å². The van der Waals surface area contributed by atoms with Gasteiger partial charge in [-0.05, 0) is 19.1 Å². The maximum atomic E-state index is 16.0. The Morgan fingerprint density at radius 1 is 1.42 bits per heavy atom. The Morgan fingerprint density at radius 3 is 2.76 bits per heavy atom. The number of aromatic nitrogens is 4. The summed E-state index contributed by atoms with van der Waals surface area (Å²) in [6.45, 7) is 0.533. The smallest absolute Gasteiger partial charge is 0.459 e. The number of carboxylic acids is 1. The molecule has 2 aromatic heterocycles. The van der Waals surface area contributed by atoms with E-state index in [1.54, 1.807) is 25.2 Å². The van der Waals surface area contributed by atoms with Gasteiger partial charge in [0.2, 0.25) is 11.6 Å². The number of carboxylic acid groups (broad SMARTS) is 1. The maximum Gasteiger partial charge on any atom is 0.459 e. The average Bonchev–Trinajstić information content (AvgIpc) is 3.41. The summed E-state index contributed by atoms with van der Waals surface area (Å²) in [4.78, 5) is 23.6. The molecule has 202 valence electrons. The van der Waals surface area contributed by atoms with Gasteiger partial charge in [-0.2, -0.15) is 15.1 Å². The van der Waals surface area contributed by atoms with Gasteiger partial charge in [0.1, 0.15) is 24.0 Å².